The highest BCUT2D eigenvalue weighted by Crippen LogP contribution is 2.21. The van der Waals surface area contributed by atoms with Crippen LogP contribution in [0.5, 0.6) is 0 Å². The van der Waals surface area contributed by atoms with Gasteiger partial charge in [-0.25, -0.2) is 8.42 Å². The van der Waals surface area contributed by atoms with Crippen molar-refractivity contribution in [3.63, 3.8) is 0 Å². The van der Waals surface area contributed by atoms with Crippen LogP contribution in [0.2, 0.25) is 0 Å². The summed E-state index contributed by atoms with van der Waals surface area (Å²) in [5, 5.41) is 0. The molecule has 0 atom stereocenters. The van der Waals surface area contributed by atoms with Crippen LogP contribution in [0.4, 0.5) is 0 Å². The SMILES string of the molecule is Cc1ccc(CN(Cc2ccccc2)C(=O)CN(CCCN2CCOCC2)S(=O)(=O)c2ccc(Br)cc2)o1. The van der Waals surface area contributed by atoms with Gasteiger partial charge in [0.15, 0.2) is 0 Å². The molecule has 0 radical (unpaired) electrons. The zero-order valence-corrected chi connectivity index (χ0v) is 24.0. The van der Waals surface area contributed by atoms with Crippen LogP contribution in [0.15, 0.2) is 80.5 Å². The molecular formula is C28H34BrN3O5S. The summed E-state index contributed by atoms with van der Waals surface area (Å²) >= 11 is 3.37. The summed E-state index contributed by atoms with van der Waals surface area (Å²) < 4.78 is 40.6. The van der Waals surface area contributed by atoms with Gasteiger partial charge in [-0.2, -0.15) is 4.31 Å². The molecule has 0 aliphatic carbocycles. The molecule has 3 aromatic rings. The van der Waals surface area contributed by atoms with Gasteiger partial charge in [0.2, 0.25) is 15.9 Å². The lowest BCUT2D eigenvalue weighted by Crippen LogP contribution is -2.44. The standard InChI is InChI=1S/C28H34BrN3O5S/c1-23-8-11-26(37-23)21-31(20-24-6-3-2-4-7-24)28(33)22-32(15-5-14-30-16-18-36-19-17-30)38(34,35)27-12-9-25(29)10-13-27/h2-4,6-13H,5,14-22H2,1H3. The molecule has 10 heteroatoms. The van der Waals surface area contributed by atoms with Gasteiger partial charge < -0.3 is 14.1 Å². The van der Waals surface area contributed by atoms with Crippen molar-refractivity contribution in [3.8, 4) is 0 Å². The summed E-state index contributed by atoms with van der Waals surface area (Å²) in [5.41, 5.74) is 0.957. The highest BCUT2D eigenvalue weighted by molar-refractivity contribution is 9.10. The van der Waals surface area contributed by atoms with Crippen LogP contribution in [-0.4, -0.2) is 74.4 Å². The fraction of sp³-hybridized carbons (Fsp3) is 0.393. The topological polar surface area (TPSA) is 83.3 Å². The summed E-state index contributed by atoms with van der Waals surface area (Å²) in [6.45, 7) is 6.18. The van der Waals surface area contributed by atoms with E-state index in [0.29, 0.717) is 31.9 Å². The van der Waals surface area contributed by atoms with E-state index in [1.807, 2.05) is 49.4 Å². The maximum atomic E-state index is 13.7. The lowest BCUT2D eigenvalue weighted by Gasteiger charge is -2.29. The molecule has 1 amide bonds. The molecule has 2 aromatic carbocycles. The number of aryl methyl sites for hydroxylation is 1. The minimum Gasteiger partial charge on any atom is -0.464 e. The molecule has 1 saturated heterocycles. The second kappa shape index (κ2) is 13.5. The van der Waals surface area contributed by atoms with E-state index in [-0.39, 0.29) is 30.4 Å². The normalized spacial score (nSPS) is 14.6. The van der Waals surface area contributed by atoms with Crippen molar-refractivity contribution >= 4 is 31.9 Å². The van der Waals surface area contributed by atoms with Gasteiger partial charge in [-0.05, 0) is 61.9 Å². The first-order valence-corrected chi connectivity index (χ1v) is 15.0. The smallest absolute Gasteiger partial charge is 0.243 e. The number of halogens is 1. The van der Waals surface area contributed by atoms with Crippen LogP contribution < -0.4 is 0 Å². The predicted molar refractivity (Wildman–Crippen MR) is 149 cm³/mol. The molecule has 1 fully saturated rings. The number of hydrogen-bond acceptors (Lipinski definition) is 6. The molecule has 0 bridgehead atoms. The summed E-state index contributed by atoms with van der Waals surface area (Å²) in [6, 6.07) is 19.9. The molecule has 4 rings (SSSR count). The van der Waals surface area contributed by atoms with Gasteiger partial charge in [0.1, 0.15) is 11.5 Å². The fourth-order valence-electron chi connectivity index (χ4n) is 4.38. The number of carbonyl (C=O) groups excluding carboxylic acids is 1. The van der Waals surface area contributed by atoms with E-state index in [2.05, 4.69) is 20.8 Å². The van der Waals surface area contributed by atoms with Crippen molar-refractivity contribution in [2.24, 2.45) is 0 Å². The molecule has 1 aliphatic heterocycles. The Kier molecular flexibility index (Phi) is 10.1. The van der Waals surface area contributed by atoms with Gasteiger partial charge in [0, 0.05) is 30.7 Å². The number of morpholine rings is 1. The molecule has 1 aromatic heterocycles. The average molecular weight is 605 g/mol. The van der Waals surface area contributed by atoms with Crippen molar-refractivity contribution in [2.45, 2.75) is 31.3 Å². The number of rotatable bonds is 12. The number of amides is 1. The summed E-state index contributed by atoms with van der Waals surface area (Å²) in [7, 11) is -3.89. The molecule has 1 aliphatic rings. The number of ether oxygens (including phenoxy) is 1. The second-order valence-corrected chi connectivity index (χ2v) is 12.2. The van der Waals surface area contributed by atoms with Gasteiger partial charge in [0.05, 0.1) is 31.2 Å². The summed E-state index contributed by atoms with van der Waals surface area (Å²) in [5.74, 6) is 1.13. The van der Waals surface area contributed by atoms with Gasteiger partial charge in [-0.1, -0.05) is 46.3 Å². The Labute approximate surface area is 233 Å². The molecule has 0 saturated carbocycles. The first kappa shape index (κ1) is 28.5. The van der Waals surface area contributed by atoms with Crippen LogP contribution in [0, 0.1) is 6.92 Å². The van der Waals surface area contributed by atoms with Crippen LogP contribution in [0.25, 0.3) is 0 Å². The molecule has 204 valence electrons. The maximum Gasteiger partial charge on any atom is 0.243 e. The van der Waals surface area contributed by atoms with Gasteiger partial charge in [-0.3, -0.25) is 9.69 Å². The monoisotopic (exact) mass is 603 g/mol. The maximum absolute atomic E-state index is 13.7. The zero-order valence-electron chi connectivity index (χ0n) is 21.6. The van der Waals surface area contributed by atoms with E-state index >= 15 is 0 Å². The van der Waals surface area contributed by atoms with Crippen LogP contribution in [-0.2, 0) is 32.6 Å². The number of hydrogen-bond donors (Lipinski definition) is 0. The van der Waals surface area contributed by atoms with E-state index < -0.39 is 10.0 Å². The lowest BCUT2D eigenvalue weighted by atomic mass is 10.2. The first-order valence-electron chi connectivity index (χ1n) is 12.7. The minimum atomic E-state index is -3.89. The highest BCUT2D eigenvalue weighted by atomic mass is 79.9. The zero-order chi connectivity index (χ0) is 27.0. The number of carbonyl (C=O) groups is 1. The van der Waals surface area contributed by atoms with E-state index in [9.17, 15) is 13.2 Å². The Morgan fingerprint density at radius 2 is 1.68 bits per heavy atom. The average Bonchev–Trinajstić information content (AvgIpc) is 3.33. The molecule has 2 heterocycles. The van der Waals surface area contributed by atoms with Crippen molar-refractivity contribution in [1.29, 1.82) is 0 Å². The fourth-order valence-corrected chi connectivity index (χ4v) is 6.07. The van der Waals surface area contributed by atoms with Gasteiger partial charge in [-0.15, -0.1) is 0 Å². The van der Waals surface area contributed by atoms with Crippen molar-refractivity contribution in [1.82, 2.24) is 14.1 Å². The van der Waals surface area contributed by atoms with Crippen molar-refractivity contribution < 1.29 is 22.4 Å². The second-order valence-electron chi connectivity index (χ2n) is 9.35. The van der Waals surface area contributed by atoms with Crippen LogP contribution in [0.1, 0.15) is 23.5 Å². The largest absolute Gasteiger partial charge is 0.464 e. The van der Waals surface area contributed by atoms with E-state index in [4.69, 9.17) is 9.15 Å². The third kappa shape index (κ3) is 8.00. The van der Waals surface area contributed by atoms with Crippen LogP contribution >= 0.6 is 15.9 Å². The molecule has 8 nitrogen and oxygen atoms in total. The third-order valence-electron chi connectivity index (χ3n) is 6.46. The Hall–Kier alpha value is -2.50. The minimum absolute atomic E-state index is 0.163. The predicted octanol–water partition coefficient (Wildman–Crippen LogP) is 4.29. The number of furan rings is 1. The quantitative estimate of drug-likeness (QED) is 0.307. The van der Waals surface area contributed by atoms with Gasteiger partial charge >= 0.3 is 0 Å². The number of nitrogens with zero attached hydrogens (tertiary/aromatic N) is 3. The van der Waals surface area contributed by atoms with E-state index in [1.54, 1.807) is 29.2 Å². The third-order valence-corrected chi connectivity index (χ3v) is 8.85. The Morgan fingerprint density at radius 1 is 0.974 bits per heavy atom. The molecule has 0 spiro atoms. The summed E-state index contributed by atoms with van der Waals surface area (Å²) in [6.07, 6.45) is 0.610. The highest BCUT2D eigenvalue weighted by Gasteiger charge is 2.29. The lowest BCUT2D eigenvalue weighted by molar-refractivity contribution is -0.133. The van der Waals surface area contributed by atoms with E-state index in [1.165, 1.54) is 4.31 Å². The Balaban J connectivity index is 1.54. The summed E-state index contributed by atoms with van der Waals surface area (Å²) in [4.78, 5) is 17.8. The van der Waals surface area contributed by atoms with Crippen LogP contribution in [0.3, 0.4) is 0 Å². The Morgan fingerprint density at radius 3 is 2.34 bits per heavy atom. The van der Waals surface area contributed by atoms with Gasteiger partial charge in [0.25, 0.3) is 0 Å². The molecule has 0 N–H and O–H groups in total. The van der Waals surface area contributed by atoms with Crippen molar-refractivity contribution in [3.05, 3.63) is 88.3 Å². The first-order chi connectivity index (χ1) is 18.3. The molecule has 38 heavy (non-hydrogen) atoms. The number of benzene rings is 2. The Bertz CT molecular complexity index is 1280. The molecule has 0 unspecified atom stereocenters. The van der Waals surface area contributed by atoms with E-state index in [0.717, 1.165) is 35.4 Å². The number of sulfonamides is 1. The van der Waals surface area contributed by atoms with Crippen molar-refractivity contribution in [2.75, 3.05) is 45.9 Å². The molecular weight excluding hydrogens is 570 g/mol.